The topological polar surface area (TPSA) is 113 Å². The van der Waals surface area contributed by atoms with E-state index in [4.69, 9.17) is 24.4 Å². The first kappa shape index (κ1) is 53.9. The van der Waals surface area contributed by atoms with Crippen molar-refractivity contribution in [2.75, 3.05) is 6.61 Å². The lowest BCUT2D eigenvalue weighted by Crippen LogP contribution is -2.40. The van der Waals surface area contributed by atoms with Crippen molar-refractivity contribution in [3.8, 4) is 6.01 Å². The summed E-state index contributed by atoms with van der Waals surface area (Å²) in [6.07, 6.45) is 49.8. The van der Waals surface area contributed by atoms with Crippen LogP contribution in [0.4, 0.5) is 0 Å². The molecule has 0 aromatic carbocycles. The van der Waals surface area contributed by atoms with Crippen molar-refractivity contribution in [2.45, 2.75) is 295 Å². The summed E-state index contributed by atoms with van der Waals surface area (Å²) in [7, 11) is 0. The first-order chi connectivity index (χ1) is 30.5. The molecule has 9 heteroatoms. The van der Waals surface area contributed by atoms with Crippen molar-refractivity contribution in [3.63, 3.8) is 0 Å². The number of nitrogens with one attached hydrogen (secondary N) is 1. The summed E-state index contributed by atoms with van der Waals surface area (Å²) >= 11 is 0. The van der Waals surface area contributed by atoms with Crippen LogP contribution in [-0.2, 0) is 23.8 Å². The van der Waals surface area contributed by atoms with Crippen molar-refractivity contribution in [1.29, 1.82) is 5.41 Å². The highest BCUT2D eigenvalue weighted by atomic mass is 16.7. The zero-order chi connectivity index (χ0) is 44.1. The smallest absolute Gasteiger partial charge is 0.306 e. The van der Waals surface area contributed by atoms with E-state index in [1.165, 1.54) is 205 Å². The van der Waals surface area contributed by atoms with E-state index in [2.05, 4.69) is 18.8 Å². The molecule has 0 unspecified atom stereocenters. The van der Waals surface area contributed by atoms with Crippen LogP contribution in [0.2, 0.25) is 0 Å². The largest absolute Gasteiger partial charge is 0.463 e. The van der Waals surface area contributed by atoms with Gasteiger partial charge in [-0.1, -0.05) is 245 Å². The third kappa shape index (κ3) is 25.2. The maximum Gasteiger partial charge on any atom is 0.306 e. The van der Waals surface area contributed by atoms with Crippen molar-refractivity contribution in [3.05, 3.63) is 17.8 Å². The molecule has 358 valence electrons. The minimum Gasteiger partial charge on any atom is -0.463 e. The van der Waals surface area contributed by atoms with Gasteiger partial charge in [-0.05, 0) is 18.9 Å². The molecule has 3 rings (SSSR count). The summed E-state index contributed by atoms with van der Waals surface area (Å²) in [6.45, 7) is 4.57. The molecule has 0 spiro atoms. The summed E-state index contributed by atoms with van der Waals surface area (Å²) < 4.78 is 25.8. The first-order valence-electron chi connectivity index (χ1n) is 26.8. The molecule has 0 radical (unpaired) electrons. The molecule has 1 N–H and O–H groups in total. The minimum absolute atomic E-state index is 0.00533. The summed E-state index contributed by atoms with van der Waals surface area (Å²) in [5.41, 5.74) is 0.0920. The van der Waals surface area contributed by atoms with Gasteiger partial charge in [0.1, 0.15) is 12.7 Å². The molecule has 1 aromatic rings. The molecule has 0 saturated carbocycles. The van der Waals surface area contributed by atoms with Gasteiger partial charge in [0.15, 0.2) is 23.9 Å². The second kappa shape index (κ2) is 36.9. The Morgan fingerprint density at radius 2 is 0.903 bits per heavy atom. The maximum atomic E-state index is 13.1. The molecule has 1 saturated heterocycles. The normalized spacial score (nSPS) is 17.8. The molecule has 3 heterocycles. The number of hydrogen-bond donors (Lipinski definition) is 1. The van der Waals surface area contributed by atoms with Gasteiger partial charge in [0.25, 0.3) is 0 Å². The summed E-state index contributed by atoms with van der Waals surface area (Å²) in [5.74, 6) is -0.526. The fourth-order valence-corrected chi connectivity index (χ4v) is 9.30. The third-order valence-corrected chi connectivity index (χ3v) is 13.3. The predicted molar refractivity (Wildman–Crippen MR) is 253 cm³/mol. The molecular formula is C53H95N3O6. The highest BCUT2D eigenvalue weighted by Gasteiger charge is 2.54. The second-order valence-electron chi connectivity index (χ2n) is 19.0. The standard InChI is InChI=1S/C53H95N3O6/c1-3-5-7-9-11-13-15-17-19-21-23-25-27-29-31-33-35-37-39-41-48(57)59-45-46-50(51-52(60-46)56-44-43-47(54)55-53(56)62-51)61-49(58)42-40-38-36-34-32-30-28-26-24-22-20-18-16-14-12-10-8-6-4-2/h43-44,46,50-52,54H,3-42,45H2,1-2H3/t46-,50-,51+,52-/m1/s1. The number of esters is 2. The Labute approximate surface area is 379 Å². The Morgan fingerprint density at radius 1 is 0.548 bits per heavy atom. The lowest BCUT2D eigenvalue weighted by molar-refractivity contribution is -0.160. The summed E-state index contributed by atoms with van der Waals surface area (Å²) in [6, 6.07) is 1.85. The maximum absolute atomic E-state index is 13.1. The number of nitrogens with zero attached hydrogens (tertiary/aromatic N) is 2. The van der Waals surface area contributed by atoms with Gasteiger partial charge < -0.3 is 18.9 Å². The van der Waals surface area contributed by atoms with E-state index in [0.29, 0.717) is 12.8 Å². The van der Waals surface area contributed by atoms with Crippen LogP contribution in [0, 0.1) is 5.41 Å². The van der Waals surface area contributed by atoms with Gasteiger partial charge >= 0.3 is 17.9 Å². The van der Waals surface area contributed by atoms with Crippen LogP contribution in [0.3, 0.4) is 0 Å². The van der Waals surface area contributed by atoms with Crippen LogP contribution < -0.4 is 10.2 Å². The van der Waals surface area contributed by atoms with E-state index >= 15 is 0 Å². The molecule has 2 aliphatic heterocycles. The molecule has 1 fully saturated rings. The molecule has 62 heavy (non-hydrogen) atoms. The molecule has 4 atom stereocenters. The van der Waals surface area contributed by atoms with E-state index in [1.54, 1.807) is 16.8 Å². The molecular weight excluding hydrogens is 775 g/mol. The number of aromatic nitrogens is 2. The third-order valence-electron chi connectivity index (χ3n) is 13.3. The Bertz CT molecular complexity index is 1300. The molecule has 1 aromatic heterocycles. The molecule has 2 aliphatic rings. The van der Waals surface area contributed by atoms with Crippen LogP contribution in [0.1, 0.15) is 277 Å². The number of unbranched alkanes of at least 4 members (excludes halogenated alkanes) is 36. The average Bonchev–Trinajstić information content (AvgIpc) is 3.79. The van der Waals surface area contributed by atoms with Crippen molar-refractivity contribution in [1.82, 2.24) is 9.55 Å². The van der Waals surface area contributed by atoms with Crippen LogP contribution >= 0.6 is 0 Å². The van der Waals surface area contributed by atoms with Gasteiger partial charge in [-0.15, -0.1) is 0 Å². The average molecular weight is 870 g/mol. The number of carbonyl (C=O) groups excluding carboxylic acids is 2. The number of hydrogen-bond acceptors (Lipinski definition) is 8. The molecule has 0 amide bonds. The predicted octanol–water partition coefficient (Wildman–Crippen LogP) is 15.1. The Hall–Kier alpha value is -2.42. The van der Waals surface area contributed by atoms with Crippen molar-refractivity contribution in [2.24, 2.45) is 0 Å². The monoisotopic (exact) mass is 870 g/mol. The number of ether oxygens (including phenoxy) is 4. The molecule has 9 nitrogen and oxygen atoms in total. The van der Waals surface area contributed by atoms with E-state index < -0.39 is 24.5 Å². The fraction of sp³-hybridized carbons (Fsp3) is 0.887. The second-order valence-corrected chi connectivity index (χ2v) is 19.0. The van der Waals surface area contributed by atoms with Crippen LogP contribution in [-0.4, -0.2) is 46.4 Å². The molecule has 0 bridgehead atoms. The Balaban J connectivity index is 1.19. The van der Waals surface area contributed by atoms with Crippen LogP contribution in [0.5, 0.6) is 6.01 Å². The van der Waals surface area contributed by atoms with E-state index in [1.807, 2.05) is 0 Å². The van der Waals surface area contributed by atoms with Gasteiger partial charge in [-0.2, -0.15) is 4.98 Å². The molecule has 0 aliphatic carbocycles. The SMILES string of the molecule is CCCCCCCCCCCCCCCCCCCCCC(=O)OC[C@H]1O[C@@H]2[C@@H](Oc3nc(=N)ccn32)[C@@H]1OC(=O)CCCCCCCCCCCCCCCCCCCCC. The van der Waals surface area contributed by atoms with E-state index in [9.17, 15) is 9.59 Å². The van der Waals surface area contributed by atoms with Crippen LogP contribution in [0.25, 0.3) is 0 Å². The van der Waals surface area contributed by atoms with Gasteiger partial charge in [-0.25, -0.2) is 0 Å². The number of carbonyl (C=O) groups is 2. The fourth-order valence-electron chi connectivity index (χ4n) is 9.30. The zero-order valence-electron chi connectivity index (χ0n) is 40.3. The van der Waals surface area contributed by atoms with Gasteiger partial charge in [-0.3, -0.25) is 19.6 Å². The number of rotatable bonds is 43. The van der Waals surface area contributed by atoms with Crippen LogP contribution in [0.15, 0.2) is 12.3 Å². The highest BCUT2D eigenvalue weighted by molar-refractivity contribution is 5.70. The lowest BCUT2D eigenvalue weighted by Gasteiger charge is -2.22. The van der Waals surface area contributed by atoms with Gasteiger partial charge in [0.05, 0.1) is 0 Å². The number of fused-ring (bicyclic) bond motifs is 3. The minimum atomic E-state index is -0.730. The van der Waals surface area contributed by atoms with Crippen molar-refractivity contribution < 1.29 is 28.5 Å². The van der Waals surface area contributed by atoms with Gasteiger partial charge in [0.2, 0.25) is 0 Å². The van der Waals surface area contributed by atoms with E-state index in [0.717, 1.165) is 38.5 Å². The zero-order valence-corrected chi connectivity index (χ0v) is 40.3. The highest BCUT2D eigenvalue weighted by Crippen LogP contribution is 2.40. The Morgan fingerprint density at radius 3 is 1.29 bits per heavy atom. The first-order valence-corrected chi connectivity index (χ1v) is 26.8. The van der Waals surface area contributed by atoms with Gasteiger partial charge in [0, 0.05) is 19.0 Å². The quantitative estimate of drug-likeness (QED) is 0.0514. The van der Waals surface area contributed by atoms with Crippen molar-refractivity contribution >= 4 is 11.9 Å². The van der Waals surface area contributed by atoms with E-state index in [-0.39, 0.29) is 30.0 Å². The Kier molecular flexibility index (Phi) is 32.1. The summed E-state index contributed by atoms with van der Waals surface area (Å²) in [4.78, 5) is 30.0. The lowest BCUT2D eigenvalue weighted by atomic mass is 10.0. The summed E-state index contributed by atoms with van der Waals surface area (Å²) in [5, 5.41) is 7.90.